The molecule has 0 amide bonds. The smallest absolute Gasteiger partial charge is 0.316 e. The van der Waals surface area contributed by atoms with Crippen LogP contribution in [-0.2, 0) is 17.1 Å². The van der Waals surface area contributed by atoms with Gasteiger partial charge in [-0.3, -0.25) is 0 Å². The molecule has 1 radical (unpaired) electrons. The molecule has 0 aliphatic heterocycles. The van der Waals surface area contributed by atoms with E-state index >= 15 is 0 Å². The molecule has 0 saturated carbocycles. The predicted molar refractivity (Wildman–Crippen MR) is 18.0 cm³/mol. The summed E-state index contributed by atoms with van der Waals surface area (Å²) in [7, 11) is -4.69. The molecule has 0 spiro atoms. The molecule has 9 heteroatoms. The summed E-state index contributed by atoms with van der Waals surface area (Å²) in [5.41, 5.74) is 0. The largest absolute Gasteiger partial charge is 0.412 e. The number of hydrogen-bond donors (Lipinski definition) is 1. The molecular weight excluding hydrogens is 211 g/mol. The zero-order chi connectivity index (χ0) is 4.50. The van der Waals surface area contributed by atoms with Crippen LogP contribution in [0.15, 0.2) is 0 Å². The van der Waals surface area contributed by atoms with Crippen LogP contribution in [0.2, 0.25) is 0 Å². The number of rotatable bonds is 0. The Morgan fingerprint density at radius 1 is 1.00 bits per heavy atom. The van der Waals surface area contributed by atoms with Gasteiger partial charge in [-0.25, -0.2) is 0 Å². The van der Waals surface area contributed by atoms with Gasteiger partial charge in [-0.1, -0.05) is 0 Å². The minimum Gasteiger partial charge on any atom is -0.412 e. The van der Waals surface area contributed by atoms with E-state index in [1.54, 1.807) is 0 Å². The number of hydrogen-bond acceptors (Lipinski definition) is 4. The predicted octanol–water partition coefficient (Wildman–Crippen LogP) is -6.69. The first-order chi connectivity index (χ1) is 2.00. The van der Waals surface area contributed by atoms with Gasteiger partial charge in [-0.05, 0) is 0 Å². The molecule has 0 rings (SSSR count). The van der Waals surface area contributed by atoms with E-state index in [1.807, 2.05) is 0 Å². The number of halogens is 1. The molecule has 0 saturated heterocycles. The van der Waals surface area contributed by atoms with E-state index in [0.29, 0.717) is 0 Å². The first kappa shape index (κ1) is 31.6. The first-order valence-corrected chi connectivity index (χ1v) is 1.90. The van der Waals surface area contributed by atoms with Crippen molar-refractivity contribution in [2.24, 2.45) is 0 Å². The summed E-state index contributed by atoms with van der Waals surface area (Å²) in [5.74, 6) is 0. The zero-order valence-electron chi connectivity index (χ0n) is 3.43. The Hall–Kier alpha value is 1.34. The SMILES string of the molecule is O.O.[MgH2].[Mn].[O-][Cl+3]([O-])([O-])O. The maximum Gasteiger partial charge on any atom is 0.316 e. The van der Waals surface area contributed by atoms with Crippen LogP contribution >= 0.6 is 0 Å². The van der Waals surface area contributed by atoms with Gasteiger partial charge in [0.25, 0.3) is 0 Å². The third kappa shape index (κ3) is 282. The van der Waals surface area contributed by atoms with Crippen LogP contribution in [0.25, 0.3) is 0 Å². The monoisotopic (exact) mass is 217 g/mol. The molecule has 0 aromatic heterocycles. The summed E-state index contributed by atoms with van der Waals surface area (Å²) in [5, 5.41) is 0. The molecule has 0 aliphatic carbocycles. The Kier molecular flexibility index (Phi) is 42.4. The topological polar surface area (TPSA) is 152 Å². The van der Waals surface area contributed by atoms with Crippen molar-refractivity contribution >= 4 is 23.1 Å². The van der Waals surface area contributed by atoms with Crippen LogP contribution < -0.4 is 14.0 Å². The van der Waals surface area contributed by atoms with Crippen LogP contribution in [0.4, 0.5) is 0 Å². The van der Waals surface area contributed by atoms with Gasteiger partial charge >= 0.3 is 23.1 Å². The van der Waals surface area contributed by atoms with Crippen LogP contribution in [0.3, 0.4) is 0 Å². The first-order valence-electron chi connectivity index (χ1n) is 0.632. The second kappa shape index (κ2) is 12.1. The van der Waals surface area contributed by atoms with E-state index in [0.717, 1.165) is 0 Å². The van der Waals surface area contributed by atoms with Crippen LogP contribution in [0.1, 0.15) is 0 Å². The van der Waals surface area contributed by atoms with Crippen LogP contribution in [-0.4, -0.2) is 38.7 Å². The van der Waals surface area contributed by atoms with E-state index < -0.39 is 10.2 Å². The summed E-state index contributed by atoms with van der Waals surface area (Å²) >= 11 is 0. The van der Waals surface area contributed by atoms with Gasteiger partial charge in [-0.15, -0.1) is 0 Å². The van der Waals surface area contributed by atoms with E-state index in [9.17, 15) is 0 Å². The second-order valence-corrected chi connectivity index (χ2v) is 1.19. The fourth-order valence-electron chi connectivity index (χ4n) is 0. The van der Waals surface area contributed by atoms with Crippen LogP contribution in [0.5, 0.6) is 0 Å². The average Bonchev–Trinajstić information content (AvgIpc) is 0.722. The Morgan fingerprint density at radius 2 is 1.00 bits per heavy atom. The fourth-order valence-corrected chi connectivity index (χ4v) is 0. The second-order valence-electron chi connectivity index (χ2n) is 0.396. The summed E-state index contributed by atoms with van der Waals surface area (Å²) in [6.45, 7) is 0. The van der Waals surface area contributed by atoms with Crippen molar-refractivity contribution in [1.82, 2.24) is 0 Å². The van der Waals surface area contributed by atoms with E-state index in [-0.39, 0.29) is 51.1 Å². The Labute approximate surface area is 79.8 Å². The van der Waals surface area contributed by atoms with E-state index in [2.05, 4.69) is 0 Å². The molecule has 0 heterocycles. The fraction of sp³-hybridized carbons (Fsp3) is 0. The van der Waals surface area contributed by atoms with Gasteiger partial charge in [0.05, 0.1) is 14.9 Å². The normalized spacial score (nSPS) is 6.67. The van der Waals surface area contributed by atoms with E-state index in [4.69, 9.17) is 18.6 Å². The molecule has 0 aliphatic rings. The van der Waals surface area contributed by atoms with Crippen molar-refractivity contribution in [1.29, 1.82) is 0 Å². The minimum atomic E-state index is -4.69. The minimum absolute atomic E-state index is 0. The molecule has 0 unspecified atom stereocenters. The third-order valence-electron chi connectivity index (χ3n) is 0. The van der Waals surface area contributed by atoms with Crippen LogP contribution in [0, 0.1) is 10.2 Å². The standard InChI is InChI=1S/ClHO4.Mg.Mn.2H2O.2H/c2-1(3,4)5;;;;;;/h(H,2,3,4,5);;;2*1H2;;. The van der Waals surface area contributed by atoms with Crippen molar-refractivity contribution in [2.45, 2.75) is 0 Å². The zero-order valence-corrected chi connectivity index (χ0v) is 5.36. The quantitative estimate of drug-likeness (QED) is 0.401. The van der Waals surface area contributed by atoms with Gasteiger partial charge in [0, 0.05) is 17.1 Å². The summed E-state index contributed by atoms with van der Waals surface area (Å²) in [6, 6.07) is 0. The van der Waals surface area contributed by atoms with Gasteiger partial charge in [0.15, 0.2) is 0 Å². The van der Waals surface area contributed by atoms with E-state index in [1.165, 1.54) is 0 Å². The summed E-state index contributed by atoms with van der Waals surface area (Å²) in [4.78, 5) is 0. The molecule has 6 nitrogen and oxygen atoms in total. The van der Waals surface area contributed by atoms with Crippen molar-refractivity contribution in [2.75, 3.05) is 0 Å². The molecule has 0 aromatic rings. The van der Waals surface area contributed by atoms with Crippen molar-refractivity contribution in [3.63, 3.8) is 0 Å². The van der Waals surface area contributed by atoms with Gasteiger partial charge in [-0.2, -0.15) is 14.0 Å². The molecule has 0 bridgehead atoms. The Bertz CT molecular complexity index is 28.5. The maximum absolute atomic E-state index is 8.60. The summed E-state index contributed by atoms with van der Waals surface area (Å²) in [6.07, 6.45) is 0. The van der Waals surface area contributed by atoms with Crippen molar-refractivity contribution in [3.05, 3.63) is 0 Å². The molecule has 0 atom stereocenters. The molecule has 0 fully saturated rings. The Balaban J connectivity index is -0.0000000133. The van der Waals surface area contributed by atoms with Gasteiger partial charge in [0.1, 0.15) is 0 Å². The molecule has 0 aromatic carbocycles. The summed E-state index contributed by atoms with van der Waals surface area (Å²) < 4.78 is 32.7. The molecule has 5 N–H and O–H groups in total. The molecule has 59 valence electrons. The molecule has 9 heavy (non-hydrogen) atoms. The van der Waals surface area contributed by atoms with Crippen molar-refractivity contribution in [3.8, 4) is 0 Å². The molecular formula is H7ClMgMnO6. The third-order valence-corrected chi connectivity index (χ3v) is 0. The van der Waals surface area contributed by atoms with Crippen molar-refractivity contribution < 1.29 is 56.9 Å². The Morgan fingerprint density at radius 3 is 1.00 bits per heavy atom. The van der Waals surface area contributed by atoms with Gasteiger partial charge in [0.2, 0.25) is 0 Å². The average molecular weight is 218 g/mol. The van der Waals surface area contributed by atoms with Gasteiger partial charge < -0.3 is 11.0 Å². The maximum atomic E-state index is 8.60.